The van der Waals surface area contributed by atoms with E-state index in [4.69, 9.17) is 9.84 Å². The van der Waals surface area contributed by atoms with Gasteiger partial charge in [-0.05, 0) is 29.8 Å². The molecule has 0 radical (unpaired) electrons. The van der Waals surface area contributed by atoms with Crippen molar-refractivity contribution in [2.24, 2.45) is 5.92 Å². The van der Waals surface area contributed by atoms with Crippen molar-refractivity contribution in [1.29, 1.82) is 0 Å². The number of aliphatic carboxylic acids is 1. The van der Waals surface area contributed by atoms with Crippen molar-refractivity contribution in [2.75, 3.05) is 13.6 Å². The van der Waals surface area contributed by atoms with Crippen LogP contribution in [0.15, 0.2) is 48.5 Å². The zero-order valence-corrected chi connectivity index (χ0v) is 14.1. The minimum atomic E-state index is -0.947. The van der Waals surface area contributed by atoms with Crippen molar-refractivity contribution in [3.8, 4) is 5.75 Å². The fraction of sp³-hybridized carbons (Fsp3) is 0.263. The summed E-state index contributed by atoms with van der Waals surface area (Å²) in [6, 6.07) is 12.7. The van der Waals surface area contributed by atoms with Gasteiger partial charge in [0.25, 0.3) is 5.91 Å². The quantitative estimate of drug-likeness (QED) is 0.837. The van der Waals surface area contributed by atoms with Gasteiger partial charge in [-0.3, -0.25) is 9.59 Å². The molecule has 6 heteroatoms. The maximum Gasteiger partial charge on any atom is 0.308 e. The standard InChI is InChI=1S/C19H20FNO4/c1-13(19(23)24)11-21(2)18(22)15-6-3-5-14(9-15)12-25-17-8-4-7-16(20)10-17/h3-10,13H,11-12H2,1-2H3,(H,23,24). The molecule has 2 aromatic rings. The van der Waals surface area contributed by atoms with Crippen molar-refractivity contribution in [2.45, 2.75) is 13.5 Å². The first-order valence-electron chi connectivity index (χ1n) is 7.82. The van der Waals surface area contributed by atoms with Gasteiger partial charge in [0.15, 0.2) is 0 Å². The second-order valence-electron chi connectivity index (χ2n) is 5.87. The molecule has 0 fully saturated rings. The van der Waals surface area contributed by atoms with E-state index in [9.17, 15) is 14.0 Å². The van der Waals surface area contributed by atoms with Gasteiger partial charge in [-0.15, -0.1) is 0 Å². The van der Waals surface area contributed by atoms with E-state index in [1.807, 2.05) is 0 Å². The van der Waals surface area contributed by atoms with E-state index in [0.29, 0.717) is 11.3 Å². The van der Waals surface area contributed by atoms with Gasteiger partial charge in [0.05, 0.1) is 5.92 Å². The Balaban J connectivity index is 2.02. The number of halogens is 1. The van der Waals surface area contributed by atoms with Crippen LogP contribution in [0.3, 0.4) is 0 Å². The number of nitrogens with zero attached hydrogens (tertiary/aromatic N) is 1. The minimum Gasteiger partial charge on any atom is -0.489 e. The highest BCUT2D eigenvalue weighted by Gasteiger charge is 2.18. The van der Waals surface area contributed by atoms with E-state index in [0.717, 1.165) is 5.56 Å². The third-order valence-electron chi connectivity index (χ3n) is 3.69. The monoisotopic (exact) mass is 345 g/mol. The predicted octanol–water partition coefficient (Wildman–Crippen LogP) is 3.20. The first-order chi connectivity index (χ1) is 11.9. The van der Waals surface area contributed by atoms with Crippen LogP contribution < -0.4 is 4.74 Å². The zero-order chi connectivity index (χ0) is 18.4. The summed E-state index contributed by atoms with van der Waals surface area (Å²) < 4.78 is 18.7. The second kappa shape index (κ2) is 8.28. The summed E-state index contributed by atoms with van der Waals surface area (Å²) in [6.45, 7) is 1.87. The summed E-state index contributed by atoms with van der Waals surface area (Å²) in [4.78, 5) is 24.7. The van der Waals surface area contributed by atoms with Crippen LogP contribution in [0.25, 0.3) is 0 Å². The van der Waals surface area contributed by atoms with Gasteiger partial charge in [0.2, 0.25) is 0 Å². The highest BCUT2D eigenvalue weighted by Crippen LogP contribution is 2.15. The summed E-state index contributed by atoms with van der Waals surface area (Å²) in [5.41, 5.74) is 1.20. The predicted molar refractivity (Wildman–Crippen MR) is 90.9 cm³/mol. The summed E-state index contributed by atoms with van der Waals surface area (Å²) in [5, 5.41) is 8.94. The Hall–Kier alpha value is -2.89. The SMILES string of the molecule is CC(CN(C)C(=O)c1cccc(COc2cccc(F)c2)c1)C(=O)O. The van der Waals surface area contributed by atoms with E-state index in [2.05, 4.69) is 0 Å². The Morgan fingerprint density at radius 1 is 1.20 bits per heavy atom. The minimum absolute atomic E-state index is 0.123. The molecule has 0 spiro atoms. The van der Waals surface area contributed by atoms with Crippen LogP contribution in [0.1, 0.15) is 22.8 Å². The average molecular weight is 345 g/mol. The highest BCUT2D eigenvalue weighted by molar-refractivity contribution is 5.94. The number of carbonyl (C=O) groups is 2. The first-order valence-corrected chi connectivity index (χ1v) is 7.82. The summed E-state index contributed by atoms with van der Waals surface area (Å²) in [5.74, 6) is -1.83. The fourth-order valence-corrected chi connectivity index (χ4v) is 2.31. The van der Waals surface area contributed by atoms with E-state index in [1.165, 1.54) is 17.0 Å². The number of ether oxygens (including phenoxy) is 1. The van der Waals surface area contributed by atoms with Crippen molar-refractivity contribution in [1.82, 2.24) is 4.90 Å². The molecular formula is C19H20FNO4. The Morgan fingerprint density at radius 2 is 1.92 bits per heavy atom. The Morgan fingerprint density at radius 3 is 2.60 bits per heavy atom. The lowest BCUT2D eigenvalue weighted by Gasteiger charge is -2.19. The van der Waals surface area contributed by atoms with Crippen molar-refractivity contribution >= 4 is 11.9 Å². The zero-order valence-electron chi connectivity index (χ0n) is 14.1. The van der Waals surface area contributed by atoms with E-state index in [1.54, 1.807) is 50.4 Å². The molecule has 1 unspecified atom stereocenters. The average Bonchev–Trinajstić information content (AvgIpc) is 2.59. The number of carboxylic acid groups (broad SMARTS) is 1. The third-order valence-corrected chi connectivity index (χ3v) is 3.69. The number of carboxylic acids is 1. The number of carbonyl (C=O) groups excluding carboxylic acids is 1. The highest BCUT2D eigenvalue weighted by atomic mass is 19.1. The molecule has 132 valence electrons. The first kappa shape index (κ1) is 18.4. The number of hydrogen-bond donors (Lipinski definition) is 1. The maximum atomic E-state index is 13.1. The van der Waals surface area contributed by atoms with Crippen LogP contribution >= 0.6 is 0 Å². The molecule has 0 aromatic heterocycles. The number of amides is 1. The molecular weight excluding hydrogens is 325 g/mol. The summed E-state index contributed by atoms with van der Waals surface area (Å²) >= 11 is 0. The van der Waals surface area contributed by atoms with Gasteiger partial charge < -0.3 is 14.7 Å². The van der Waals surface area contributed by atoms with Gasteiger partial charge in [-0.1, -0.05) is 25.1 Å². The summed E-state index contributed by atoms with van der Waals surface area (Å²) in [7, 11) is 1.57. The molecule has 1 N–H and O–H groups in total. The molecule has 5 nitrogen and oxygen atoms in total. The van der Waals surface area contributed by atoms with Gasteiger partial charge in [0.1, 0.15) is 18.2 Å². The lowest BCUT2D eigenvalue weighted by Crippen LogP contribution is -2.33. The lowest BCUT2D eigenvalue weighted by atomic mass is 10.1. The molecule has 2 aromatic carbocycles. The van der Waals surface area contributed by atoms with Gasteiger partial charge in [0, 0.05) is 25.2 Å². The van der Waals surface area contributed by atoms with Gasteiger partial charge in [-0.2, -0.15) is 0 Å². The molecule has 0 aliphatic heterocycles. The second-order valence-corrected chi connectivity index (χ2v) is 5.87. The normalized spacial score (nSPS) is 11.6. The van der Waals surface area contributed by atoms with Crippen LogP contribution in [0, 0.1) is 11.7 Å². The van der Waals surface area contributed by atoms with Crippen LogP contribution in [0.2, 0.25) is 0 Å². The van der Waals surface area contributed by atoms with E-state index in [-0.39, 0.29) is 24.9 Å². The van der Waals surface area contributed by atoms with E-state index >= 15 is 0 Å². The molecule has 0 saturated heterocycles. The molecule has 25 heavy (non-hydrogen) atoms. The summed E-state index contributed by atoms with van der Waals surface area (Å²) in [6.07, 6.45) is 0. The molecule has 0 aliphatic carbocycles. The number of rotatable bonds is 7. The molecule has 2 rings (SSSR count). The van der Waals surface area contributed by atoms with E-state index < -0.39 is 11.9 Å². The number of hydrogen-bond acceptors (Lipinski definition) is 3. The molecule has 1 atom stereocenters. The smallest absolute Gasteiger partial charge is 0.308 e. The molecule has 0 heterocycles. The maximum absolute atomic E-state index is 13.1. The van der Waals surface area contributed by atoms with Crippen molar-refractivity contribution in [3.05, 3.63) is 65.5 Å². The molecule has 0 aliphatic rings. The Labute approximate surface area is 145 Å². The van der Waals surface area contributed by atoms with Crippen LogP contribution in [0.4, 0.5) is 4.39 Å². The molecule has 1 amide bonds. The Bertz CT molecular complexity index is 763. The van der Waals surface area contributed by atoms with Crippen molar-refractivity contribution < 1.29 is 23.8 Å². The van der Waals surface area contributed by atoms with Crippen LogP contribution in [-0.2, 0) is 11.4 Å². The molecule has 0 saturated carbocycles. The Kier molecular flexibility index (Phi) is 6.11. The topological polar surface area (TPSA) is 66.8 Å². The number of benzene rings is 2. The van der Waals surface area contributed by atoms with Crippen molar-refractivity contribution in [3.63, 3.8) is 0 Å². The van der Waals surface area contributed by atoms with Crippen LogP contribution in [0.5, 0.6) is 5.75 Å². The van der Waals surface area contributed by atoms with Gasteiger partial charge >= 0.3 is 5.97 Å². The largest absolute Gasteiger partial charge is 0.489 e. The molecule has 0 bridgehead atoms. The van der Waals surface area contributed by atoms with Crippen LogP contribution in [-0.4, -0.2) is 35.5 Å². The van der Waals surface area contributed by atoms with Gasteiger partial charge in [-0.25, -0.2) is 4.39 Å². The third kappa shape index (κ3) is 5.31. The fourth-order valence-electron chi connectivity index (χ4n) is 2.31. The lowest BCUT2D eigenvalue weighted by molar-refractivity contribution is -0.141.